The fourth-order valence-electron chi connectivity index (χ4n) is 1.88. The Bertz CT molecular complexity index is 727. The van der Waals surface area contributed by atoms with E-state index in [0.29, 0.717) is 23.7 Å². The van der Waals surface area contributed by atoms with Crippen LogP contribution in [-0.2, 0) is 10.2 Å². The molecule has 0 atom stereocenters. The minimum Gasteiger partial charge on any atom is -0.421 e. The topological polar surface area (TPSA) is 88.3 Å². The van der Waals surface area contributed by atoms with Gasteiger partial charge in [0.25, 0.3) is 0 Å². The van der Waals surface area contributed by atoms with Crippen LogP contribution < -0.4 is 4.72 Å². The molecule has 0 bridgehead atoms. The van der Waals surface area contributed by atoms with Gasteiger partial charge in [-0.25, -0.2) is 0 Å². The van der Waals surface area contributed by atoms with Gasteiger partial charge in [-0.05, 0) is 18.6 Å². The number of unbranched alkanes of at least 4 members (excludes halogenated alkanes) is 1. The number of nitrogens with zero attached hydrogens (tertiary/aromatic N) is 3. The summed E-state index contributed by atoms with van der Waals surface area (Å²) in [6.07, 6.45) is 1.74. The van der Waals surface area contributed by atoms with Crippen molar-refractivity contribution in [3.05, 3.63) is 30.2 Å². The molecule has 120 valence electrons. The van der Waals surface area contributed by atoms with Crippen molar-refractivity contribution >= 4 is 15.9 Å². The molecule has 0 saturated heterocycles. The average molecular weight is 324 g/mol. The summed E-state index contributed by atoms with van der Waals surface area (Å²) >= 11 is 0. The zero-order valence-electron chi connectivity index (χ0n) is 12.9. The Hall–Kier alpha value is -1.93. The van der Waals surface area contributed by atoms with Gasteiger partial charge in [-0.2, -0.15) is 12.7 Å². The molecule has 2 rings (SSSR count). The summed E-state index contributed by atoms with van der Waals surface area (Å²) in [5.41, 5.74) is 0.963. The first-order chi connectivity index (χ1) is 10.4. The van der Waals surface area contributed by atoms with Gasteiger partial charge in [-0.3, -0.25) is 4.72 Å². The third kappa shape index (κ3) is 3.83. The minimum absolute atomic E-state index is 0.284. The van der Waals surface area contributed by atoms with E-state index in [2.05, 4.69) is 14.9 Å². The van der Waals surface area contributed by atoms with E-state index in [4.69, 9.17) is 4.42 Å². The highest BCUT2D eigenvalue weighted by molar-refractivity contribution is 7.90. The highest BCUT2D eigenvalue weighted by atomic mass is 32.2. The normalized spacial score (nSPS) is 11.8. The molecule has 8 heteroatoms. The molecule has 7 nitrogen and oxygen atoms in total. The van der Waals surface area contributed by atoms with Crippen molar-refractivity contribution < 1.29 is 12.8 Å². The van der Waals surface area contributed by atoms with Crippen LogP contribution in [0.15, 0.2) is 28.7 Å². The predicted octanol–water partition coefficient (Wildman–Crippen LogP) is 2.43. The van der Waals surface area contributed by atoms with Crippen molar-refractivity contribution in [2.75, 3.05) is 18.3 Å². The molecule has 0 unspecified atom stereocenters. The molecule has 1 N–H and O–H groups in total. The van der Waals surface area contributed by atoms with Crippen LogP contribution >= 0.6 is 0 Å². The molecule has 1 aromatic heterocycles. The van der Waals surface area contributed by atoms with Gasteiger partial charge in [0, 0.05) is 20.5 Å². The van der Waals surface area contributed by atoms with Crippen LogP contribution in [0.4, 0.5) is 5.69 Å². The van der Waals surface area contributed by atoms with Crippen LogP contribution in [0, 0.1) is 6.92 Å². The molecule has 0 fully saturated rings. The number of aryl methyl sites for hydroxylation is 1. The van der Waals surface area contributed by atoms with Crippen molar-refractivity contribution in [2.45, 2.75) is 26.7 Å². The van der Waals surface area contributed by atoms with Gasteiger partial charge in [-0.15, -0.1) is 10.2 Å². The number of nitrogens with one attached hydrogen (secondary N) is 1. The van der Waals surface area contributed by atoms with Crippen molar-refractivity contribution in [3.8, 4) is 11.5 Å². The number of para-hydroxylation sites is 1. The lowest BCUT2D eigenvalue weighted by Gasteiger charge is -2.18. The van der Waals surface area contributed by atoms with E-state index in [1.54, 1.807) is 38.2 Å². The molecule has 22 heavy (non-hydrogen) atoms. The summed E-state index contributed by atoms with van der Waals surface area (Å²) in [5.74, 6) is 0.708. The number of benzene rings is 1. The number of hydrogen-bond acceptors (Lipinski definition) is 5. The molecule has 0 radical (unpaired) electrons. The van der Waals surface area contributed by atoms with Crippen LogP contribution in [0.2, 0.25) is 0 Å². The van der Waals surface area contributed by atoms with Gasteiger partial charge in [0.05, 0.1) is 11.3 Å². The standard InChI is InChI=1S/C14H20N4O3S/c1-4-5-10-18(3)22(19,20)17-13-9-7-6-8-12(13)14-16-15-11(2)21-14/h6-9,17H,4-5,10H2,1-3H3. The van der Waals surface area contributed by atoms with Crippen LogP contribution in [0.3, 0.4) is 0 Å². The van der Waals surface area contributed by atoms with E-state index in [1.165, 1.54) is 4.31 Å². The zero-order chi connectivity index (χ0) is 16.2. The van der Waals surface area contributed by atoms with E-state index in [0.717, 1.165) is 12.8 Å². The Labute approximate surface area is 130 Å². The van der Waals surface area contributed by atoms with Gasteiger partial charge in [-0.1, -0.05) is 25.5 Å². The first-order valence-electron chi connectivity index (χ1n) is 7.07. The predicted molar refractivity (Wildman–Crippen MR) is 84.6 cm³/mol. The molecular weight excluding hydrogens is 304 g/mol. The first kappa shape index (κ1) is 16.4. The molecule has 2 aromatic rings. The Balaban J connectivity index is 2.27. The van der Waals surface area contributed by atoms with Gasteiger partial charge >= 0.3 is 10.2 Å². The number of rotatable bonds is 7. The largest absolute Gasteiger partial charge is 0.421 e. The third-order valence-corrected chi connectivity index (χ3v) is 4.64. The van der Waals surface area contributed by atoms with Crippen LogP contribution in [0.5, 0.6) is 0 Å². The number of aromatic nitrogens is 2. The Morgan fingerprint density at radius 2 is 2.00 bits per heavy atom. The van der Waals surface area contributed by atoms with Crippen LogP contribution in [0.1, 0.15) is 25.7 Å². The second kappa shape index (κ2) is 6.89. The second-order valence-electron chi connectivity index (χ2n) is 4.95. The summed E-state index contributed by atoms with van der Waals surface area (Å²) in [6, 6.07) is 6.93. The lowest BCUT2D eigenvalue weighted by atomic mass is 10.2. The van der Waals surface area contributed by atoms with Crippen molar-refractivity contribution in [1.29, 1.82) is 0 Å². The van der Waals surface area contributed by atoms with E-state index in [9.17, 15) is 8.42 Å². The lowest BCUT2D eigenvalue weighted by Crippen LogP contribution is -2.33. The van der Waals surface area contributed by atoms with Crippen LogP contribution in [0.25, 0.3) is 11.5 Å². The van der Waals surface area contributed by atoms with Gasteiger partial charge in [0.2, 0.25) is 11.8 Å². The quantitative estimate of drug-likeness (QED) is 0.845. The van der Waals surface area contributed by atoms with Crippen molar-refractivity contribution in [1.82, 2.24) is 14.5 Å². The molecule has 0 saturated carbocycles. The SMILES string of the molecule is CCCCN(C)S(=O)(=O)Nc1ccccc1-c1nnc(C)o1. The second-order valence-corrected chi connectivity index (χ2v) is 6.73. The zero-order valence-corrected chi connectivity index (χ0v) is 13.7. The van der Waals surface area contributed by atoms with E-state index >= 15 is 0 Å². The Morgan fingerprint density at radius 1 is 1.27 bits per heavy atom. The summed E-state index contributed by atoms with van der Waals surface area (Å²) in [5, 5.41) is 7.71. The molecular formula is C14H20N4O3S. The van der Waals surface area contributed by atoms with Crippen molar-refractivity contribution in [2.24, 2.45) is 0 Å². The summed E-state index contributed by atoms with van der Waals surface area (Å²) in [7, 11) is -2.06. The monoisotopic (exact) mass is 324 g/mol. The van der Waals surface area contributed by atoms with Gasteiger partial charge < -0.3 is 4.42 Å². The smallest absolute Gasteiger partial charge is 0.301 e. The molecule has 1 aromatic carbocycles. The number of hydrogen-bond donors (Lipinski definition) is 1. The maximum absolute atomic E-state index is 12.3. The lowest BCUT2D eigenvalue weighted by molar-refractivity contribution is 0.463. The van der Waals surface area contributed by atoms with Gasteiger partial charge in [0.15, 0.2) is 0 Å². The molecule has 1 heterocycles. The molecule has 0 aliphatic carbocycles. The fraction of sp³-hybridized carbons (Fsp3) is 0.429. The summed E-state index contributed by atoms with van der Waals surface area (Å²) in [4.78, 5) is 0. The highest BCUT2D eigenvalue weighted by Gasteiger charge is 2.20. The third-order valence-electron chi connectivity index (χ3n) is 3.16. The molecule has 0 spiro atoms. The summed E-state index contributed by atoms with van der Waals surface area (Å²) in [6.45, 7) is 4.16. The minimum atomic E-state index is -3.62. The van der Waals surface area contributed by atoms with E-state index < -0.39 is 10.2 Å². The van der Waals surface area contributed by atoms with E-state index in [-0.39, 0.29) is 5.89 Å². The highest BCUT2D eigenvalue weighted by Crippen LogP contribution is 2.27. The molecule has 0 amide bonds. The van der Waals surface area contributed by atoms with Crippen molar-refractivity contribution in [3.63, 3.8) is 0 Å². The number of anilines is 1. The Morgan fingerprint density at radius 3 is 2.64 bits per heavy atom. The molecule has 0 aliphatic rings. The van der Waals surface area contributed by atoms with Gasteiger partial charge in [0.1, 0.15) is 0 Å². The van der Waals surface area contributed by atoms with Crippen LogP contribution in [-0.4, -0.2) is 36.5 Å². The average Bonchev–Trinajstić information content (AvgIpc) is 2.91. The maximum atomic E-state index is 12.3. The summed E-state index contributed by atoms with van der Waals surface area (Å²) < 4.78 is 33.9. The Kier molecular flexibility index (Phi) is 5.15. The van der Waals surface area contributed by atoms with E-state index in [1.807, 2.05) is 6.92 Å². The molecule has 0 aliphatic heterocycles. The maximum Gasteiger partial charge on any atom is 0.301 e. The fourth-order valence-corrected chi connectivity index (χ4v) is 2.86. The first-order valence-corrected chi connectivity index (χ1v) is 8.51.